The van der Waals surface area contributed by atoms with Gasteiger partial charge in [-0.15, -0.1) is 5.06 Å². The zero-order valence-corrected chi connectivity index (χ0v) is 17.6. The van der Waals surface area contributed by atoms with Gasteiger partial charge in [-0.25, -0.2) is 4.79 Å². The van der Waals surface area contributed by atoms with E-state index >= 15 is 0 Å². The maximum absolute atomic E-state index is 12.3. The second-order valence-corrected chi connectivity index (χ2v) is 7.40. The Labute approximate surface area is 172 Å². The van der Waals surface area contributed by atoms with Crippen molar-refractivity contribution in [3.8, 4) is 17.0 Å². The van der Waals surface area contributed by atoms with Crippen molar-refractivity contribution in [3.63, 3.8) is 0 Å². The fourth-order valence-corrected chi connectivity index (χ4v) is 3.50. The SMILES string of the molecule is CN1CCN(OC(=O)Nc2ccc(OCCN)c(-c3c(Br)cnn3C)c2)CC1. The van der Waals surface area contributed by atoms with Gasteiger partial charge >= 0.3 is 6.09 Å². The second kappa shape index (κ2) is 9.37. The van der Waals surface area contributed by atoms with E-state index in [1.807, 2.05) is 20.2 Å². The first-order chi connectivity index (χ1) is 13.5. The number of hydrogen-bond acceptors (Lipinski definition) is 7. The number of nitrogens with one attached hydrogen (secondary N) is 1. The molecule has 0 bridgehead atoms. The van der Waals surface area contributed by atoms with Crippen LogP contribution in [0.25, 0.3) is 11.3 Å². The molecule has 1 amide bonds. The highest BCUT2D eigenvalue weighted by Gasteiger charge is 2.19. The number of aromatic nitrogens is 2. The van der Waals surface area contributed by atoms with Crippen LogP contribution in [0.3, 0.4) is 0 Å². The van der Waals surface area contributed by atoms with Crippen LogP contribution < -0.4 is 15.8 Å². The Kier molecular flexibility index (Phi) is 6.89. The Morgan fingerprint density at radius 1 is 1.29 bits per heavy atom. The van der Waals surface area contributed by atoms with Crippen molar-refractivity contribution in [3.05, 3.63) is 28.9 Å². The molecular formula is C18H25BrN6O3. The van der Waals surface area contributed by atoms with Crippen molar-refractivity contribution in [2.75, 3.05) is 51.7 Å². The van der Waals surface area contributed by atoms with Crippen LogP contribution in [0.4, 0.5) is 10.5 Å². The van der Waals surface area contributed by atoms with E-state index in [-0.39, 0.29) is 0 Å². The number of piperazine rings is 1. The van der Waals surface area contributed by atoms with E-state index in [4.69, 9.17) is 15.3 Å². The van der Waals surface area contributed by atoms with Gasteiger partial charge in [0.05, 0.1) is 16.4 Å². The number of amides is 1. The summed E-state index contributed by atoms with van der Waals surface area (Å²) < 4.78 is 8.33. The minimum Gasteiger partial charge on any atom is -0.492 e. The maximum atomic E-state index is 12.3. The van der Waals surface area contributed by atoms with Crippen molar-refractivity contribution in [2.45, 2.75) is 0 Å². The number of benzene rings is 1. The summed E-state index contributed by atoms with van der Waals surface area (Å²) in [5, 5.41) is 8.71. The molecule has 1 fully saturated rings. The first kappa shape index (κ1) is 20.6. The average Bonchev–Trinajstić information content (AvgIpc) is 3.00. The van der Waals surface area contributed by atoms with Gasteiger partial charge in [-0.2, -0.15) is 5.10 Å². The molecule has 9 nitrogen and oxygen atoms in total. The van der Waals surface area contributed by atoms with E-state index in [0.717, 1.165) is 28.8 Å². The van der Waals surface area contributed by atoms with Crippen molar-refractivity contribution in [2.24, 2.45) is 12.8 Å². The molecular weight excluding hydrogens is 428 g/mol. The molecule has 1 aliphatic heterocycles. The molecule has 3 N–H and O–H groups in total. The van der Waals surface area contributed by atoms with E-state index in [9.17, 15) is 4.79 Å². The standard InChI is InChI=1S/C18H25BrN6O3/c1-23-6-8-25(9-7-23)28-18(26)22-13-3-4-16(27-10-5-20)14(11-13)17-15(19)12-21-24(17)2/h3-4,11-12H,5-10,20H2,1-2H3,(H,22,26). The number of halogens is 1. The quantitative estimate of drug-likeness (QED) is 0.690. The fourth-order valence-electron chi connectivity index (χ4n) is 2.94. The van der Waals surface area contributed by atoms with Gasteiger partial charge in [0, 0.05) is 51.0 Å². The van der Waals surface area contributed by atoms with Crippen LogP contribution in [0.15, 0.2) is 28.9 Å². The lowest BCUT2D eigenvalue weighted by molar-refractivity contribution is -0.115. The summed E-state index contributed by atoms with van der Waals surface area (Å²) >= 11 is 3.52. The maximum Gasteiger partial charge on any atom is 0.430 e. The van der Waals surface area contributed by atoms with Crippen LogP contribution in [-0.4, -0.2) is 72.2 Å². The summed E-state index contributed by atoms with van der Waals surface area (Å²) in [5.41, 5.74) is 7.79. The molecule has 3 rings (SSSR count). The van der Waals surface area contributed by atoms with E-state index in [1.165, 1.54) is 0 Å². The summed E-state index contributed by atoms with van der Waals surface area (Å²) in [5.74, 6) is 0.660. The van der Waals surface area contributed by atoms with Crippen LogP contribution in [0.1, 0.15) is 0 Å². The monoisotopic (exact) mass is 452 g/mol. The van der Waals surface area contributed by atoms with Crippen LogP contribution in [0.2, 0.25) is 0 Å². The summed E-state index contributed by atoms with van der Waals surface area (Å²) in [6, 6.07) is 5.40. The molecule has 0 unspecified atom stereocenters. The Morgan fingerprint density at radius 3 is 2.68 bits per heavy atom. The van der Waals surface area contributed by atoms with Crippen LogP contribution in [0, 0.1) is 0 Å². The van der Waals surface area contributed by atoms with Gasteiger partial charge in [-0.1, -0.05) is 0 Å². The third-order valence-corrected chi connectivity index (χ3v) is 5.01. The van der Waals surface area contributed by atoms with Gasteiger partial charge < -0.3 is 20.2 Å². The molecule has 1 aliphatic rings. The third kappa shape index (κ3) is 5.02. The number of likely N-dealkylation sites (N-methyl/N-ethyl adjacent to an activating group) is 1. The van der Waals surface area contributed by atoms with E-state index in [1.54, 1.807) is 28.1 Å². The lowest BCUT2D eigenvalue weighted by Gasteiger charge is -2.30. The predicted octanol–water partition coefficient (Wildman–Crippen LogP) is 1.90. The number of carbonyl (C=O) groups excluding carboxylic acids is 1. The number of carbonyl (C=O) groups is 1. The summed E-state index contributed by atoms with van der Waals surface area (Å²) in [6.45, 7) is 3.88. The number of ether oxygens (including phenoxy) is 1. The number of anilines is 1. The van der Waals surface area contributed by atoms with E-state index in [0.29, 0.717) is 37.7 Å². The Bertz CT molecular complexity index is 800. The molecule has 0 aliphatic carbocycles. The number of hydroxylamine groups is 2. The Hall–Kier alpha value is -2.14. The predicted molar refractivity (Wildman–Crippen MR) is 110 cm³/mol. The Balaban J connectivity index is 1.76. The van der Waals surface area contributed by atoms with Gasteiger partial charge in [0.25, 0.3) is 0 Å². The number of rotatable bonds is 6. The van der Waals surface area contributed by atoms with Crippen molar-refractivity contribution in [1.29, 1.82) is 0 Å². The summed E-state index contributed by atoms with van der Waals surface area (Å²) in [6.07, 6.45) is 1.19. The third-order valence-electron chi connectivity index (χ3n) is 4.42. The molecule has 1 aromatic carbocycles. The highest BCUT2D eigenvalue weighted by molar-refractivity contribution is 9.10. The van der Waals surface area contributed by atoms with E-state index < -0.39 is 6.09 Å². The lowest BCUT2D eigenvalue weighted by Crippen LogP contribution is -2.45. The molecule has 28 heavy (non-hydrogen) atoms. The lowest BCUT2D eigenvalue weighted by atomic mass is 10.1. The van der Waals surface area contributed by atoms with Gasteiger partial charge in [0.15, 0.2) is 0 Å². The number of nitrogens with two attached hydrogens (primary N) is 1. The molecule has 2 aromatic rings. The van der Waals surface area contributed by atoms with Crippen molar-refractivity contribution < 1.29 is 14.4 Å². The van der Waals surface area contributed by atoms with Crippen LogP contribution in [-0.2, 0) is 11.9 Å². The molecule has 2 heterocycles. The normalized spacial score (nSPS) is 15.4. The highest BCUT2D eigenvalue weighted by Crippen LogP contribution is 2.36. The molecule has 0 saturated carbocycles. The topological polar surface area (TPSA) is 97.9 Å². The fraction of sp³-hybridized carbons (Fsp3) is 0.444. The summed E-state index contributed by atoms with van der Waals surface area (Å²) in [4.78, 5) is 19.9. The average molecular weight is 453 g/mol. The largest absolute Gasteiger partial charge is 0.492 e. The second-order valence-electron chi connectivity index (χ2n) is 6.55. The molecule has 1 saturated heterocycles. The first-order valence-electron chi connectivity index (χ1n) is 9.05. The zero-order chi connectivity index (χ0) is 20.1. The van der Waals surface area contributed by atoms with Gasteiger partial charge in [-0.3, -0.25) is 10.00 Å². The van der Waals surface area contributed by atoms with E-state index in [2.05, 4.69) is 31.2 Å². The molecule has 0 spiro atoms. The minimum atomic E-state index is -0.518. The molecule has 152 valence electrons. The van der Waals surface area contributed by atoms with Crippen LogP contribution >= 0.6 is 15.9 Å². The Morgan fingerprint density at radius 2 is 2.04 bits per heavy atom. The van der Waals surface area contributed by atoms with Crippen LogP contribution in [0.5, 0.6) is 5.75 Å². The zero-order valence-electron chi connectivity index (χ0n) is 16.0. The first-order valence-corrected chi connectivity index (χ1v) is 9.84. The van der Waals surface area contributed by atoms with Crippen molar-refractivity contribution >= 4 is 27.7 Å². The van der Waals surface area contributed by atoms with Crippen molar-refractivity contribution in [1.82, 2.24) is 19.7 Å². The number of hydrogen-bond donors (Lipinski definition) is 2. The molecule has 1 aromatic heterocycles. The minimum absolute atomic E-state index is 0.390. The molecule has 10 heteroatoms. The highest BCUT2D eigenvalue weighted by atomic mass is 79.9. The number of aryl methyl sites for hydroxylation is 1. The summed E-state index contributed by atoms with van der Waals surface area (Å²) in [7, 11) is 3.89. The van der Waals surface area contributed by atoms with Gasteiger partial charge in [0.2, 0.25) is 0 Å². The van der Waals surface area contributed by atoms with Gasteiger partial charge in [-0.05, 0) is 41.2 Å². The smallest absolute Gasteiger partial charge is 0.430 e. The van der Waals surface area contributed by atoms with Gasteiger partial charge in [0.1, 0.15) is 12.4 Å². The number of nitrogens with zero attached hydrogens (tertiary/aromatic N) is 4. The molecule has 0 atom stereocenters. The molecule has 0 radical (unpaired) electrons.